The average Bonchev–Trinajstić information content (AvgIpc) is 2.96. The molecule has 4 fully saturated rings. The van der Waals surface area contributed by atoms with Gasteiger partial charge in [0.15, 0.2) is 18.9 Å². The van der Waals surface area contributed by atoms with Crippen molar-refractivity contribution < 1.29 is 14.1 Å². The van der Waals surface area contributed by atoms with Gasteiger partial charge in [-0.3, -0.25) is 0 Å². The highest BCUT2D eigenvalue weighted by molar-refractivity contribution is 5.88. The molecule has 0 spiro atoms. The van der Waals surface area contributed by atoms with Gasteiger partial charge in [-0.15, -0.1) is 0 Å². The Morgan fingerprint density at radius 3 is 2.43 bits per heavy atom. The molecular weight excluding hydrogens is 538 g/mol. The first-order chi connectivity index (χ1) is 20.6. The van der Waals surface area contributed by atoms with Gasteiger partial charge < -0.3 is 4.74 Å². The van der Waals surface area contributed by atoms with Gasteiger partial charge in [0.05, 0.1) is 0 Å². The summed E-state index contributed by atoms with van der Waals surface area (Å²) < 4.78 is 8.52. The minimum Gasteiger partial charge on any atom is -0.458 e. The number of carbonyl (C=O) groups excluding carboxylic acids is 1. The Bertz CT molecular complexity index is 1350. The Morgan fingerprint density at radius 2 is 1.70 bits per heavy atom. The van der Waals surface area contributed by atoms with Crippen molar-refractivity contribution in [1.82, 2.24) is 0 Å². The fourth-order valence-corrected chi connectivity index (χ4v) is 12.3. The molecule has 242 valence electrons. The van der Waals surface area contributed by atoms with Gasteiger partial charge in [0, 0.05) is 11.5 Å². The lowest BCUT2D eigenvalue weighted by atomic mass is 9.33. The minimum absolute atomic E-state index is 0.0471. The van der Waals surface area contributed by atoms with E-state index in [9.17, 15) is 4.79 Å². The van der Waals surface area contributed by atoms with E-state index in [1.165, 1.54) is 50.5 Å². The number of hydrogen-bond acceptors (Lipinski definition) is 2. The number of fused-ring (bicyclic) bond motifs is 7. The van der Waals surface area contributed by atoms with Crippen LogP contribution in [0.4, 0.5) is 0 Å². The number of ether oxygens (including phenoxy) is 1. The second kappa shape index (κ2) is 10.8. The molecule has 1 aromatic heterocycles. The van der Waals surface area contributed by atoms with Crippen LogP contribution in [0.2, 0.25) is 0 Å². The van der Waals surface area contributed by atoms with Crippen molar-refractivity contribution in [3.63, 3.8) is 0 Å². The summed E-state index contributed by atoms with van der Waals surface area (Å²) in [5, 5.41) is 0. The fourth-order valence-electron chi connectivity index (χ4n) is 12.3. The van der Waals surface area contributed by atoms with Crippen molar-refractivity contribution in [2.45, 2.75) is 140 Å². The van der Waals surface area contributed by atoms with E-state index >= 15 is 0 Å². The van der Waals surface area contributed by atoms with E-state index in [1.807, 2.05) is 30.1 Å². The number of esters is 1. The molecule has 0 aliphatic heterocycles. The van der Waals surface area contributed by atoms with Gasteiger partial charge in [0.25, 0.3) is 0 Å². The smallest absolute Gasteiger partial charge is 0.344 e. The number of allylic oxidation sites excluding steroid dienone is 4. The molecule has 3 nitrogen and oxygen atoms in total. The largest absolute Gasteiger partial charge is 0.458 e. The summed E-state index contributed by atoms with van der Waals surface area (Å²) in [5.41, 5.74) is 5.10. The molecule has 4 saturated carbocycles. The van der Waals surface area contributed by atoms with Crippen molar-refractivity contribution in [3.05, 3.63) is 53.4 Å². The molecule has 0 bridgehead atoms. The highest BCUT2D eigenvalue weighted by Gasteiger charge is 2.68. The molecule has 0 unspecified atom stereocenters. The molecule has 0 aromatic carbocycles. The molecule has 6 rings (SSSR count). The van der Waals surface area contributed by atoms with Crippen LogP contribution in [-0.4, -0.2) is 12.1 Å². The molecule has 3 heteroatoms. The topological polar surface area (TPSA) is 30.2 Å². The molecule has 5 aliphatic rings. The van der Waals surface area contributed by atoms with Crippen molar-refractivity contribution in [2.75, 3.05) is 0 Å². The maximum atomic E-state index is 13.5. The summed E-state index contributed by atoms with van der Waals surface area (Å²) >= 11 is 0. The van der Waals surface area contributed by atoms with Crippen molar-refractivity contribution in [1.29, 1.82) is 0 Å². The maximum absolute atomic E-state index is 13.5. The van der Waals surface area contributed by atoms with Crippen LogP contribution in [-0.2, 0) is 11.3 Å². The van der Waals surface area contributed by atoms with Gasteiger partial charge in [0.1, 0.15) is 11.7 Å². The molecule has 0 N–H and O–H groups in total. The summed E-state index contributed by atoms with van der Waals surface area (Å²) in [7, 11) is 0. The molecule has 0 saturated heterocycles. The SMILES string of the molecule is CC(C)=CC[n+]1cccc(C(=O)O[C@H]2CC[C@]3(C)[C@H]4CC=C5[C@@H]6[C@@H](C)[C@H](C)CC[C@]6(C)CC[C@@]5(C)[C@]4(C)CC[C@H]3C2(C)C)c1. The van der Waals surface area contributed by atoms with Crippen LogP contribution in [0.25, 0.3) is 0 Å². The highest BCUT2D eigenvalue weighted by atomic mass is 16.5. The van der Waals surface area contributed by atoms with E-state index in [0.717, 1.165) is 37.1 Å². The van der Waals surface area contributed by atoms with E-state index in [-0.39, 0.29) is 22.9 Å². The van der Waals surface area contributed by atoms with E-state index in [0.29, 0.717) is 33.6 Å². The monoisotopic (exact) mass is 600 g/mol. The standard InChI is InChI=1S/C41H62NO2/c1-27(2)18-25-42-24-11-12-30(26-42)36(43)44-34-17-20-39(8)32(37(34,5)6)16-21-41(10)33(39)14-13-31-35-29(4)28(3)15-19-38(35,7)22-23-40(31,41)9/h11-13,18,24,26,28-29,32-35H,14-17,19-23,25H2,1-10H3/q+1/t28-,29+,32+,33-,34+,35+,38-,39+,40-,41-/m1/s1. The third-order valence-corrected chi connectivity index (χ3v) is 15.4. The molecular formula is C41H62NO2+. The lowest BCUT2D eigenvalue weighted by molar-refractivity contribution is -0.687. The zero-order chi connectivity index (χ0) is 31.9. The molecule has 5 aliphatic carbocycles. The van der Waals surface area contributed by atoms with Gasteiger partial charge in [-0.25, -0.2) is 9.36 Å². The Kier molecular flexibility index (Phi) is 7.89. The first-order valence-corrected chi connectivity index (χ1v) is 18.1. The molecule has 44 heavy (non-hydrogen) atoms. The van der Waals surface area contributed by atoms with Crippen molar-refractivity contribution in [3.8, 4) is 0 Å². The molecule has 0 amide bonds. The lowest BCUT2D eigenvalue weighted by Gasteiger charge is -2.71. The lowest BCUT2D eigenvalue weighted by Crippen LogP contribution is -2.65. The van der Waals surface area contributed by atoms with Crippen LogP contribution < -0.4 is 4.57 Å². The van der Waals surface area contributed by atoms with Crippen molar-refractivity contribution >= 4 is 5.97 Å². The minimum atomic E-state index is -0.169. The van der Waals surface area contributed by atoms with Crippen LogP contribution in [0.5, 0.6) is 0 Å². The number of pyridine rings is 1. The molecule has 1 aromatic rings. The third-order valence-electron chi connectivity index (χ3n) is 15.4. The van der Waals surface area contributed by atoms with Gasteiger partial charge in [-0.05, 0) is 135 Å². The predicted octanol–water partition coefficient (Wildman–Crippen LogP) is 10.1. The number of carbonyl (C=O) groups is 1. The summed E-state index contributed by atoms with van der Waals surface area (Å²) in [5.74, 6) is 3.42. The van der Waals surface area contributed by atoms with Crippen LogP contribution >= 0.6 is 0 Å². The summed E-state index contributed by atoms with van der Waals surface area (Å²) in [4.78, 5) is 13.5. The molecule has 10 atom stereocenters. The van der Waals surface area contributed by atoms with Gasteiger partial charge >= 0.3 is 5.97 Å². The van der Waals surface area contributed by atoms with E-state index in [1.54, 1.807) is 0 Å². The van der Waals surface area contributed by atoms with Crippen molar-refractivity contribution in [2.24, 2.45) is 56.7 Å². The summed E-state index contributed by atoms with van der Waals surface area (Å²) in [6.45, 7) is 25.6. The van der Waals surface area contributed by atoms with Crippen LogP contribution in [0.15, 0.2) is 47.8 Å². The number of rotatable bonds is 4. The second-order valence-corrected chi connectivity index (χ2v) is 18.1. The normalized spacial score (nSPS) is 44.2. The van der Waals surface area contributed by atoms with E-state index in [4.69, 9.17) is 4.74 Å². The quantitative estimate of drug-likeness (QED) is 0.196. The Labute approximate surface area is 269 Å². The number of aromatic nitrogens is 1. The number of nitrogens with zero attached hydrogens (tertiary/aromatic N) is 1. The van der Waals surface area contributed by atoms with Gasteiger partial charge in [-0.2, -0.15) is 0 Å². The van der Waals surface area contributed by atoms with Crippen LogP contribution in [0, 0.1) is 56.7 Å². The Morgan fingerprint density at radius 1 is 0.955 bits per heavy atom. The van der Waals surface area contributed by atoms with E-state index in [2.05, 4.69) is 86.0 Å². The Balaban J connectivity index is 1.25. The zero-order valence-electron chi connectivity index (χ0n) is 29.8. The zero-order valence-corrected chi connectivity index (χ0v) is 29.8. The average molecular weight is 601 g/mol. The Hall–Kier alpha value is -1.90. The van der Waals surface area contributed by atoms with Crippen LogP contribution in [0.3, 0.4) is 0 Å². The number of hydrogen-bond donors (Lipinski definition) is 0. The van der Waals surface area contributed by atoms with E-state index < -0.39 is 0 Å². The second-order valence-electron chi connectivity index (χ2n) is 18.1. The summed E-state index contributed by atoms with van der Waals surface area (Å²) in [6.07, 6.45) is 20.4. The molecule has 0 radical (unpaired) electrons. The first kappa shape index (κ1) is 32.1. The molecule has 1 heterocycles. The van der Waals surface area contributed by atoms with Gasteiger partial charge in [-0.1, -0.05) is 72.6 Å². The van der Waals surface area contributed by atoms with Crippen LogP contribution in [0.1, 0.15) is 137 Å². The van der Waals surface area contributed by atoms with Gasteiger partial charge in [0.2, 0.25) is 0 Å². The predicted molar refractivity (Wildman–Crippen MR) is 180 cm³/mol. The first-order valence-electron chi connectivity index (χ1n) is 18.1. The highest BCUT2D eigenvalue weighted by Crippen LogP contribution is 2.75. The third kappa shape index (κ3) is 4.71. The maximum Gasteiger partial charge on any atom is 0.344 e. The fraction of sp³-hybridized carbons (Fsp3) is 0.756. The summed E-state index contributed by atoms with van der Waals surface area (Å²) in [6, 6.07) is 3.87.